The Morgan fingerprint density at radius 3 is 3.15 bits per heavy atom. The molecule has 2 aromatic heterocycles. The zero-order chi connectivity index (χ0) is 14.5. The normalized spacial score (nSPS) is 12.5. The lowest BCUT2D eigenvalue weighted by Gasteiger charge is -2.08. The summed E-state index contributed by atoms with van der Waals surface area (Å²) in [5, 5.41) is 13.4. The summed E-state index contributed by atoms with van der Waals surface area (Å²) in [5.74, 6) is -0.180. The standard InChI is InChI=1S/C13H17N3O3S/c1-9(8-17)3-2-4-14-11(18)10-7-15-13-16(12(10)19)5-6-20-13/h5-7,9,17H,2-4,8H2,1H3,(H,14,18). The molecule has 0 spiro atoms. The Bertz CT molecular complexity index is 650. The second-order valence-corrected chi connectivity index (χ2v) is 5.59. The third-order valence-corrected chi connectivity index (χ3v) is 3.83. The average molecular weight is 295 g/mol. The van der Waals surface area contributed by atoms with Crippen LogP contribution in [0.25, 0.3) is 4.96 Å². The van der Waals surface area contributed by atoms with Crippen LogP contribution in [0.4, 0.5) is 0 Å². The summed E-state index contributed by atoms with van der Waals surface area (Å²) in [4.78, 5) is 28.6. The molecule has 20 heavy (non-hydrogen) atoms. The predicted octanol–water partition coefficient (Wildman–Crippen LogP) is 0.894. The van der Waals surface area contributed by atoms with Crippen LogP contribution in [0.3, 0.4) is 0 Å². The van der Waals surface area contributed by atoms with Crippen LogP contribution >= 0.6 is 11.3 Å². The number of aliphatic hydroxyl groups excluding tert-OH is 1. The first kappa shape index (κ1) is 14.7. The highest BCUT2D eigenvalue weighted by Crippen LogP contribution is 2.06. The lowest BCUT2D eigenvalue weighted by molar-refractivity contribution is 0.0950. The quantitative estimate of drug-likeness (QED) is 0.775. The molecule has 2 N–H and O–H groups in total. The fourth-order valence-electron chi connectivity index (χ4n) is 1.82. The molecule has 1 atom stereocenters. The second kappa shape index (κ2) is 6.62. The van der Waals surface area contributed by atoms with Crippen LogP contribution in [0.1, 0.15) is 30.1 Å². The van der Waals surface area contributed by atoms with Crippen molar-refractivity contribution in [3.05, 3.63) is 33.7 Å². The van der Waals surface area contributed by atoms with Crippen molar-refractivity contribution in [3.8, 4) is 0 Å². The van der Waals surface area contributed by atoms with Gasteiger partial charge in [0.05, 0.1) is 0 Å². The van der Waals surface area contributed by atoms with E-state index >= 15 is 0 Å². The minimum absolute atomic E-state index is 0.0520. The number of hydrogen-bond donors (Lipinski definition) is 2. The summed E-state index contributed by atoms with van der Waals surface area (Å²) < 4.78 is 1.37. The molecule has 2 aromatic rings. The molecule has 0 aliphatic heterocycles. The molecular weight excluding hydrogens is 278 g/mol. The molecule has 0 aliphatic carbocycles. The first-order valence-corrected chi connectivity index (χ1v) is 7.35. The minimum atomic E-state index is -0.403. The Labute approximate surface area is 120 Å². The highest BCUT2D eigenvalue weighted by molar-refractivity contribution is 7.15. The molecule has 0 fully saturated rings. The number of rotatable bonds is 6. The molecule has 108 valence electrons. The molecule has 2 heterocycles. The van der Waals surface area contributed by atoms with Crippen molar-refractivity contribution in [3.63, 3.8) is 0 Å². The Balaban J connectivity index is 1.97. The number of thiazole rings is 1. The van der Waals surface area contributed by atoms with Gasteiger partial charge >= 0.3 is 0 Å². The maximum Gasteiger partial charge on any atom is 0.271 e. The molecule has 0 saturated heterocycles. The number of hydrogen-bond acceptors (Lipinski definition) is 5. The second-order valence-electron chi connectivity index (χ2n) is 4.72. The number of nitrogens with zero attached hydrogens (tertiary/aromatic N) is 2. The SMILES string of the molecule is CC(CO)CCCNC(=O)c1cnc2sccn2c1=O. The highest BCUT2D eigenvalue weighted by Gasteiger charge is 2.13. The Morgan fingerprint density at radius 1 is 1.60 bits per heavy atom. The van der Waals surface area contributed by atoms with Crippen LogP contribution in [0.15, 0.2) is 22.6 Å². The molecule has 1 amide bonds. The van der Waals surface area contributed by atoms with Crippen LogP contribution in [0.2, 0.25) is 0 Å². The largest absolute Gasteiger partial charge is 0.396 e. The lowest BCUT2D eigenvalue weighted by atomic mass is 10.1. The molecule has 0 bridgehead atoms. The fraction of sp³-hybridized carbons (Fsp3) is 0.462. The van der Waals surface area contributed by atoms with Crippen molar-refractivity contribution >= 4 is 22.2 Å². The number of amides is 1. The summed E-state index contributed by atoms with van der Waals surface area (Å²) in [7, 11) is 0. The van der Waals surface area contributed by atoms with Crippen molar-refractivity contribution in [1.82, 2.24) is 14.7 Å². The number of nitrogens with one attached hydrogen (secondary N) is 1. The Kier molecular flexibility index (Phi) is 4.86. The van der Waals surface area contributed by atoms with E-state index in [9.17, 15) is 9.59 Å². The van der Waals surface area contributed by atoms with Gasteiger partial charge in [-0.15, -0.1) is 11.3 Å². The third kappa shape index (κ3) is 3.23. The maximum atomic E-state index is 12.1. The van der Waals surface area contributed by atoms with Gasteiger partial charge in [-0.3, -0.25) is 14.0 Å². The zero-order valence-corrected chi connectivity index (χ0v) is 12.0. The van der Waals surface area contributed by atoms with Gasteiger partial charge in [-0.25, -0.2) is 4.98 Å². The van der Waals surface area contributed by atoms with E-state index in [1.54, 1.807) is 11.6 Å². The Hall–Kier alpha value is -1.73. The van der Waals surface area contributed by atoms with Gasteiger partial charge < -0.3 is 10.4 Å². The average Bonchev–Trinajstić information content (AvgIpc) is 2.92. The van der Waals surface area contributed by atoms with Crippen LogP contribution in [-0.2, 0) is 0 Å². The molecule has 7 heteroatoms. The molecule has 0 aliphatic rings. The summed E-state index contributed by atoms with van der Waals surface area (Å²) in [6, 6.07) is 0. The molecule has 1 unspecified atom stereocenters. The van der Waals surface area contributed by atoms with Crippen LogP contribution in [-0.4, -0.2) is 33.6 Å². The lowest BCUT2D eigenvalue weighted by Crippen LogP contribution is -2.31. The summed E-state index contributed by atoms with van der Waals surface area (Å²) >= 11 is 1.35. The third-order valence-electron chi connectivity index (χ3n) is 3.06. The zero-order valence-electron chi connectivity index (χ0n) is 11.2. The molecular formula is C13H17N3O3S. The number of aromatic nitrogens is 2. The maximum absolute atomic E-state index is 12.1. The van der Waals surface area contributed by atoms with E-state index in [4.69, 9.17) is 5.11 Å². The number of carbonyl (C=O) groups excluding carboxylic acids is 1. The summed E-state index contributed by atoms with van der Waals surface area (Å²) in [6.07, 6.45) is 4.52. The van der Waals surface area contributed by atoms with Crippen molar-refractivity contribution in [2.75, 3.05) is 13.2 Å². The number of aliphatic hydroxyl groups is 1. The molecule has 0 saturated carbocycles. The highest BCUT2D eigenvalue weighted by atomic mass is 32.1. The van der Waals surface area contributed by atoms with Crippen molar-refractivity contribution in [2.24, 2.45) is 5.92 Å². The van der Waals surface area contributed by atoms with Crippen LogP contribution < -0.4 is 10.9 Å². The van der Waals surface area contributed by atoms with Gasteiger partial charge in [0.15, 0.2) is 4.96 Å². The van der Waals surface area contributed by atoms with Gasteiger partial charge in [0, 0.05) is 30.9 Å². The van der Waals surface area contributed by atoms with E-state index in [0.29, 0.717) is 11.5 Å². The molecule has 0 aromatic carbocycles. The number of carbonyl (C=O) groups is 1. The van der Waals surface area contributed by atoms with E-state index < -0.39 is 5.91 Å². The number of fused-ring (bicyclic) bond motifs is 1. The summed E-state index contributed by atoms with van der Waals surface area (Å²) in [5.41, 5.74) is -0.298. The topological polar surface area (TPSA) is 83.7 Å². The van der Waals surface area contributed by atoms with Crippen molar-refractivity contribution < 1.29 is 9.90 Å². The molecule has 6 nitrogen and oxygen atoms in total. The van der Waals surface area contributed by atoms with E-state index in [1.807, 2.05) is 6.92 Å². The van der Waals surface area contributed by atoms with Gasteiger partial charge in [-0.2, -0.15) is 0 Å². The van der Waals surface area contributed by atoms with Gasteiger partial charge in [-0.05, 0) is 18.8 Å². The van der Waals surface area contributed by atoms with Crippen LogP contribution in [0, 0.1) is 5.92 Å². The van der Waals surface area contributed by atoms with Gasteiger partial charge in [0.25, 0.3) is 11.5 Å². The minimum Gasteiger partial charge on any atom is -0.396 e. The van der Waals surface area contributed by atoms with Gasteiger partial charge in [0.2, 0.25) is 0 Å². The predicted molar refractivity (Wildman–Crippen MR) is 77.2 cm³/mol. The summed E-state index contributed by atoms with van der Waals surface area (Å²) in [6.45, 7) is 2.58. The van der Waals surface area contributed by atoms with E-state index in [-0.39, 0.29) is 23.6 Å². The smallest absolute Gasteiger partial charge is 0.271 e. The van der Waals surface area contributed by atoms with Gasteiger partial charge in [0.1, 0.15) is 5.56 Å². The van der Waals surface area contributed by atoms with Crippen molar-refractivity contribution in [1.29, 1.82) is 0 Å². The van der Waals surface area contributed by atoms with Crippen molar-refractivity contribution in [2.45, 2.75) is 19.8 Å². The fourth-order valence-corrected chi connectivity index (χ4v) is 2.49. The van der Waals surface area contributed by atoms with E-state index in [1.165, 1.54) is 21.9 Å². The van der Waals surface area contributed by atoms with Crippen LogP contribution in [0.5, 0.6) is 0 Å². The first-order chi connectivity index (χ1) is 9.63. The Morgan fingerprint density at radius 2 is 2.40 bits per heavy atom. The van der Waals surface area contributed by atoms with Gasteiger partial charge in [-0.1, -0.05) is 6.92 Å². The van der Waals surface area contributed by atoms with E-state index in [0.717, 1.165) is 12.8 Å². The van der Waals surface area contributed by atoms with E-state index in [2.05, 4.69) is 10.3 Å². The first-order valence-electron chi connectivity index (χ1n) is 6.47. The molecule has 2 rings (SSSR count). The monoisotopic (exact) mass is 295 g/mol. The molecule has 0 radical (unpaired) electrons.